The van der Waals surface area contributed by atoms with E-state index >= 15 is 0 Å². The molecule has 0 bridgehead atoms. The van der Waals surface area contributed by atoms with Crippen LogP contribution >= 0.6 is 0 Å². The molecule has 4 aromatic rings. The largest absolute Gasteiger partial charge is 0.491 e. The molecule has 0 spiro atoms. The third kappa shape index (κ3) is 4.81. The molecule has 1 saturated carbocycles. The number of nitrogens with zero attached hydrogens (tertiary/aromatic N) is 5. The molecular weight excluding hydrogens is 498 g/mol. The van der Waals surface area contributed by atoms with Crippen molar-refractivity contribution in [2.45, 2.75) is 37.6 Å². The van der Waals surface area contributed by atoms with E-state index in [0.29, 0.717) is 58.3 Å². The van der Waals surface area contributed by atoms with Crippen molar-refractivity contribution >= 4 is 28.6 Å². The number of rotatable bonds is 8. The Hall–Kier alpha value is -4.38. The van der Waals surface area contributed by atoms with Crippen LogP contribution in [0.5, 0.6) is 11.5 Å². The van der Waals surface area contributed by atoms with Crippen molar-refractivity contribution in [2.24, 2.45) is 12.8 Å². The third-order valence-electron chi connectivity index (χ3n) is 7.20. The lowest BCUT2D eigenvalue weighted by Gasteiger charge is -2.25. The number of fused-ring (bicyclic) bond motifs is 1. The van der Waals surface area contributed by atoms with Crippen molar-refractivity contribution in [3.8, 4) is 11.5 Å². The minimum Gasteiger partial charge on any atom is -0.491 e. The quantitative estimate of drug-likeness (QED) is 0.327. The molecule has 2 fully saturated rings. The fourth-order valence-electron chi connectivity index (χ4n) is 4.99. The van der Waals surface area contributed by atoms with Crippen LogP contribution in [0.1, 0.15) is 48.9 Å². The Kier molecular flexibility index (Phi) is 6.65. The van der Waals surface area contributed by atoms with Crippen molar-refractivity contribution in [3.05, 3.63) is 70.7 Å². The molecule has 0 radical (unpaired) electrons. The first-order chi connectivity index (χ1) is 19.1. The molecule has 3 N–H and O–H groups in total. The number of nitrogens with one attached hydrogen (secondary N) is 1. The number of pyridine rings is 3. The van der Waals surface area contributed by atoms with E-state index < -0.39 is 0 Å². The van der Waals surface area contributed by atoms with Gasteiger partial charge in [0.2, 0.25) is 5.95 Å². The first-order valence-electron chi connectivity index (χ1n) is 13.1. The lowest BCUT2D eigenvalue weighted by Crippen LogP contribution is -2.31. The van der Waals surface area contributed by atoms with Gasteiger partial charge in [-0.25, -0.2) is 4.98 Å². The lowest BCUT2D eigenvalue weighted by molar-refractivity contribution is 0.0580. The zero-order chi connectivity index (χ0) is 26.9. The second-order valence-corrected chi connectivity index (χ2v) is 9.84. The highest BCUT2D eigenvalue weighted by atomic mass is 16.5. The van der Waals surface area contributed by atoms with Gasteiger partial charge in [-0.1, -0.05) is 6.07 Å². The minimum absolute atomic E-state index is 0.0244. The van der Waals surface area contributed by atoms with Gasteiger partial charge in [0.15, 0.2) is 22.9 Å². The molecule has 11 nitrogen and oxygen atoms in total. The zero-order valence-corrected chi connectivity index (χ0v) is 22.0. The smallest absolute Gasteiger partial charge is 0.274 e. The highest BCUT2D eigenvalue weighted by Crippen LogP contribution is 2.41. The number of imidazole rings is 1. The summed E-state index contributed by atoms with van der Waals surface area (Å²) in [6, 6.07) is 7.43. The Labute approximate surface area is 225 Å². The molecule has 0 aromatic carbocycles. The summed E-state index contributed by atoms with van der Waals surface area (Å²) in [6.45, 7) is 1.28. The molecule has 11 heteroatoms. The molecule has 1 aliphatic carbocycles. The van der Waals surface area contributed by atoms with E-state index in [9.17, 15) is 4.79 Å². The number of anilines is 2. The van der Waals surface area contributed by atoms with E-state index in [0.717, 1.165) is 37.9 Å². The molecule has 5 heterocycles. The maximum Gasteiger partial charge on any atom is 0.274 e. The molecule has 1 saturated heterocycles. The second kappa shape index (κ2) is 10.4. The average Bonchev–Trinajstić information content (AvgIpc) is 3.78. The first-order valence-corrected chi connectivity index (χ1v) is 13.1. The summed E-state index contributed by atoms with van der Waals surface area (Å²) in [5, 5.41) is 3.28. The zero-order valence-electron chi connectivity index (χ0n) is 22.0. The fourth-order valence-corrected chi connectivity index (χ4v) is 4.99. The number of ether oxygens (including phenoxy) is 3. The van der Waals surface area contributed by atoms with Gasteiger partial charge >= 0.3 is 0 Å². The lowest BCUT2D eigenvalue weighted by atomic mass is 10.1. The molecule has 0 unspecified atom stereocenters. The molecule has 2 aliphatic rings. The topological polar surface area (TPSA) is 131 Å². The summed E-state index contributed by atoms with van der Waals surface area (Å²) in [7, 11) is 3.39. The van der Waals surface area contributed by atoms with Crippen LogP contribution in [0.3, 0.4) is 0 Å². The van der Waals surface area contributed by atoms with Gasteiger partial charge in [0.1, 0.15) is 16.9 Å². The summed E-state index contributed by atoms with van der Waals surface area (Å²) in [6.07, 6.45) is 10.7. The first kappa shape index (κ1) is 24.9. The molecule has 1 atom stereocenters. The van der Waals surface area contributed by atoms with Crippen LogP contribution in [-0.4, -0.2) is 44.4 Å². The summed E-state index contributed by atoms with van der Waals surface area (Å²) in [4.78, 5) is 27.1. The summed E-state index contributed by atoms with van der Waals surface area (Å²) < 4.78 is 21.1. The number of aromatic nitrogens is 5. The van der Waals surface area contributed by atoms with Crippen LogP contribution in [0.25, 0.3) is 16.9 Å². The molecule has 39 heavy (non-hydrogen) atoms. The Morgan fingerprint density at radius 2 is 2.13 bits per heavy atom. The van der Waals surface area contributed by atoms with E-state index in [1.165, 1.54) is 12.4 Å². The van der Waals surface area contributed by atoms with E-state index in [1.54, 1.807) is 23.9 Å². The maximum atomic E-state index is 13.6. The molecule has 202 valence electrons. The molecular formula is C28H31N7O4. The standard InChI is InChI=1S/C28H31N7O4/c1-34-24-25(37-2)23(39-22(13-29)20-7-3-4-10-30-20)14-31-26(24)33-28(34)32-21-12-18(17-8-9-17)15-35(27(21)36)19-6-5-11-38-16-19/h3-4,7,10,12-15,17,19H,5-6,8-9,11,16,29H2,1-2H3,(H,31,32,33)/b22-13+/t19-/m1/s1. The Morgan fingerprint density at radius 3 is 2.82 bits per heavy atom. The van der Waals surface area contributed by atoms with Crippen LogP contribution in [-0.2, 0) is 11.8 Å². The Balaban J connectivity index is 1.37. The summed E-state index contributed by atoms with van der Waals surface area (Å²) in [5.41, 5.74) is 9.00. The highest BCUT2D eigenvalue weighted by molar-refractivity contribution is 5.85. The van der Waals surface area contributed by atoms with Gasteiger partial charge in [-0.15, -0.1) is 0 Å². The van der Waals surface area contributed by atoms with E-state index in [-0.39, 0.29) is 11.6 Å². The predicted molar refractivity (Wildman–Crippen MR) is 147 cm³/mol. The van der Waals surface area contributed by atoms with Crippen LogP contribution in [0, 0.1) is 0 Å². The molecule has 6 rings (SSSR count). The monoisotopic (exact) mass is 529 g/mol. The van der Waals surface area contributed by atoms with Crippen LogP contribution in [0.4, 0.5) is 11.6 Å². The Bertz CT molecular complexity index is 1590. The van der Waals surface area contributed by atoms with Crippen molar-refractivity contribution in [1.29, 1.82) is 0 Å². The van der Waals surface area contributed by atoms with E-state index in [4.69, 9.17) is 19.9 Å². The van der Waals surface area contributed by atoms with Gasteiger partial charge in [-0.05, 0) is 55.4 Å². The van der Waals surface area contributed by atoms with Gasteiger partial charge in [-0.2, -0.15) is 4.98 Å². The van der Waals surface area contributed by atoms with Crippen molar-refractivity contribution < 1.29 is 14.2 Å². The molecule has 4 aromatic heterocycles. The number of methoxy groups -OCH3 is 1. The van der Waals surface area contributed by atoms with E-state index in [2.05, 4.69) is 20.3 Å². The third-order valence-corrected chi connectivity index (χ3v) is 7.20. The van der Waals surface area contributed by atoms with Crippen molar-refractivity contribution in [1.82, 2.24) is 24.1 Å². The fraction of sp³-hybridized carbons (Fsp3) is 0.357. The van der Waals surface area contributed by atoms with Gasteiger partial charge in [0, 0.05) is 32.2 Å². The molecule has 0 amide bonds. The average molecular weight is 530 g/mol. The summed E-state index contributed by atoms with van der Waals surface area (Å²) >= 11 is 0. The summed E-state index contributed by atoms with van der Waals surface area (Å²) in [5.74, 6) is 2.09. The van der Waals surface area contributed by atoms with Gasteiger partial charge in [-0.3, -0.25) is 9.78 Å². The van der Waals surface area contributed by atoms with Gasteiger partial charge < -0.3 is 34.4 Å². The Morgan fingerprint density at radius 1 is 1.26 bits per heavy atom. The number of hydrogen-bond acceptors (Lipinski definition) is 9. The minimum atomic E-state index is -0.0982. The molecule has 1 aliphatic heterocycles. The normalized spacial score (nSPS) is 17.8. The van der Waals surface area contributed by atoms with Crippen LogP contribution in [0.2, 0.25) is 0 Å². The van der Waals surface area contributed by atoms with Crippen molar-refractivity contribution in [2.75, 3.05) is 25.6 Å². The SMILES string of the molecule is COc1c(O/C(=C/N)c2ccccn2)cnc2nc(Nc3cc(C4CC4)cn([C@@H]4CCCOC4)c3=O)n(C)c12. The van der Waals surface area contributed by atoms with Gasteiger partial charge in [0.05, 0.1) is 26.0 Å². The number of aryl methyl sites for hydroxylation is 1. The number of nitrogens with two attached hydrogens (primary N) is 1. The number of hydrogen-bond donors (Lipinski definition) is 2. The maximum absolute atomic E-state index is 13.6. The van der Waals surface area contributed by atoms with Crippen LogP contribution in [0.15, 0.2) is 53.9 Å². The van der Waals surface area contributed by atoms with Gasteiger partial charge in [0.25, 0.3) is 5.56 Å². The van der Waals surface area contributed by atoms with Crippen LogP contribution < -0.4 is 26.1 Å². The van der Waals surface area contributed by atoms with E-state index in [1.807, 2.05) is 36.0 Å². The second-order valence-electron chi connectivity index (χ2n) is 9.84. The van der Waals surface area contributed by atoms with Crippen molar-refractivity contribution in [3.63, 3.8) is 0 Å². The predicted octanol–water partition coefficient (Wildman–Crippen LogP) is 3.84. The highest BCUT2D eigenvalue weighted by Gasteiger charge is 2.28.